The summed E-state index contributed by atoms with van der Waals surface area (Å²) < 4.78 is 50.8. The van der Waals surface area contributed by atoms with Crippen LogP contribution < -0.4 is 5.32 Å². The average Bonchev–Trinajstić information content (AvgIpc) is 2.53. The van der Waals surface area contributed by atoms with Gasteiger partial charge >= 0.3 is 6.18 Å². The van der Waals surface area contributed by atoms with Crippen LogP contribution in [0.2, 0.25) is 0 Å². The van der Waals surface area contributed by atoms with Gasteiger partial charge in [-0.2, -0.15) is 13.2 Å². The molecule has 0 aliphatic heterocycles. The monoisotopic (exact) mass is 351 g/mol. The molecule has 2 nitrogen and oxygen atoms in total. The van der Waals surface area contributed by atoms with Crippen LogP contribution in [0, 0.1) is 5.82 Å². The molecule has 0 atom stereocenters. The summed E-state index contributed by atoms with van der Waals surface area (Å²) in [6.07, 6.45) is -2.11. The van der Waals surface area contributed by atoms with Gasteiger partial charge in [-0.15, -0.1) is 0 Å². The maximum Gasteiger partial charge on any atom is 0.416 e. The highest BCUT2D eigenvalue weighted by Gasteiger charge is 2.45. The predicted octanol–water partition coefficient (Wildman–Crippen LogP) is 4.58. The third kappa shape index (κ3) is 3.52. The molecule has 0 heterocycles. The molecule has 132 valence electrons. The number of hydrogen-bond acceptors (Lipinski definition) is 1. The molecule has 6 heteroatoms. The minimum Gasteiger partial charge on any atom is -0.351 e. The Hall–Kier alpha value is -2.37. The second-order valence-electron chi connectivity index (χ2n) is 6.32. The van der Waals surface area contributed by atoms with Crippen molar-refractivity contribution >= 4 is 5.91 Å². The molecule has 2 aromatic rings. The van der Waals surface area contributed by atoms with Gasteiger partial charge < -0.3 is 5.32 Å². The normalized spacial score (nSPS) is 16.2. The van der Waals surface area contributed by atoms with Gasteiger partial charge in [0.2, 0.25) is 5.91 Å². The average molecular weight is 351 g/mol. The van der Waals surface area contributed by atoms with E-state index in [-0.39, 0.29) is 18.3 Å². The van der Waals surface area contributed by atoms with E-state index in [2.05, 4.69) is 5.32 Å². The molecule has 1 saturated carbocycles. The van der Waals surface area contributed by atoms with Crippen LogP contribution in [-0.4, -0.2) is 5.91 Å². The van der Waals surface area contributed by atoms with Crippen LogP contribution in [0.1, 0.15) is 36.0 Å². The molecular formula is C19H17F4NO. The summed E-state index contributed by atoms with van der Waals surface area (Å²) in [5.41, 5.74) is -0.0241. The lowest BCUT2D eigenvalue weighted by Gasteiger charge is -2.40. The fraction of sp³-hybridized carbons (Fsp3) is 0.316. The van der Waals surface area contributed by atoms with Crippen molar-refractivity contribution in [1.82, 2.24) is 5.32 Å². The van der Waals surface area contributed by atoms with Gasteiger partial charge in [-0.25, -0.2) is 4.39 Å². The van der Waals surface area contributed by atoms with Crippen LogP contribution in [-0.2, 0) is 22.9 Å². The maximum absolute atomic E-state index is 13.1. The standard InChI is InChI=1S/C19H17F4NO/c20-16-8-6-14(7-9-16)18(10-1-11-18)17(25)24-12-13-2-4-15(5-3-13)19(21,22)23/h2-9H,1,10-12H2,(H,24,25). The van der Waals surface area contributed by atoms with Gasteiger partial charge in [0.1, 0.15) is 5.82 Å². The SMILES string of the molecule is O=C(NCc1ccc(C(F)(F)F)cc1)C1(c2ccc(F)cc2)CCC1. The van der Waals surface area contributed by atoms with Crippen LogP contribution in [0.4, 0.5) is 17.6 Å². The van der Waals surface area contributed by atoms with E-state index in [1.54, 1.807) is 12.1 Å². The molecule has 1 fully saturated rings. The van der Waals surface area contributed by atoms with Crippen molar-refractivity contribution < 1.29 is 22.4 Å². The highest BCUT2D eigenvalue weighted by molar-refractivity contribution is 5.89. The molecule has 1 aliphatic rings. The van der Waals surface area contributed by atoms with Crippen LogP contribution in [0.5, 0.6) is 0 Å². The van der Waals surface area contributed by atoms with Crippen molar-refractivity contribution in [2.45, 2.75) is 37.4 Å². The molecule has 1 aliphatic carbocycles. The maximum atomic E-state index is 13.1. The Morgan fingerprint density at radius 3 is 2.08 bits per heavy atom. The lowest BCUT2D eigenvalue weighted by Crippen LogP contribution is -2.49. The van der Waals surface area contributed by atoms with Crippen molar-refractivity contribution in [1.29, 1.82) is 0 Å². The van der Waals surface area contributed by atoms with Gasteiger partial charge in [0, 0.05) is 6.54 Å². The van der Waals surface area contributed by atoms with Crippen molar-refractivity contribution in [2.75, 3.05) is 0 Å². The summed E-state index contributed by atoms with van der Waals surface area (Å²) in [5.74, 6) is -0.534. The molecule has 0 aromatic heterocycles. The van der Waals surface area contributed by atoms with Crippen molar-refractivity contribution in [3.8, 4) is 0 Å². The number of carbonyl (C=O) groups is 1. The largest absolute Gasteiger partial charge is 0.416 e. The van der Waals surface area contributed by atoms with E-state index in [4.69, 9.17) is 0 Å². The molecule has 0 saturated heterocycles. The lowest BCUT2D eigenvalue weighted by molar-refractivity contribution is -0.137. The first-order valence-electron chi connectivity index (χ1n) is 8.02. The smallest absolute Gasteiger partial charge is 0.351 e. The summed E-state index contributed by atoms with van der Waals surface area (Å²) in [6.45, 7) is 0.153. The highest BCUT2D eigenvalue weighted by Crippen LogP contribution is 2.44. The number of amides is 1. The van der Waals surface area contributed by atoms with Crippen molar-refractivity contribution in [2.24, 2.45) is 0 Å². The summed E-state index contributed by atoms with van der Waals surface area (Å²) >= 11 is 0. The molecule has 3 rings (SSSR count). The lowest BCUT2D eigenvalue weighted by atomic mass is 9.64. The first kappa shape index (κ1) is 17.5. The molecule has 0 unspecified atom stereocenters. The first-order valence-corrected chi connectivity index (χ1v) is 8.02. The number of alkyl halides is 3. The Balaban J connectivity index is 1.68. The number of halogens is 4. The second kappa shape index (κ2) is 6.50. The zero-order valence-electron chi connectivity index (χ0n) is 13.4. The molecule has 0 bridgehead atoms. The van der Waals surface area contributed by atoms with Gasteiger partial charge in [-0.05, 0) is 48.2 Å². The van der Waals surface area contributed by atoms with Crippen molar-refractivity contribution in [3.05, 3.63) is 71.0 Å². The van der Waals surface area contributed by atoms with E-state index in [9.17, 15) is 22.4 Å². The van der Waals surface area contributed by atoms with Crippen LogP contribution in [0.3, 0.4) is 0 Å². The Kier molecular flexibility index (Phi) is 4.54. The van der Waals surface area contributed by atoms with Gasteiger partial charge in [0.25, 0.3) is 0 Å². The Bertz CT molecular complexity index is 746. The number of carbonyl (C=O) groups excluding carboxylic acids is 1. The van der Waals surface area contributed by atoms with Crippen LogP contribution >= 0.6 is 0 Å². The van der Waals surface area contributed by atoms with Gasteiger partial charge in [-0.3, -0.25) is 4.79 Å². The summed E-state index contributed by atoms with van der Waals surface area (Å²) in [6, 6.07) is 10.6. The minimum absolute atomic E-state index is 0.153. The quantitative estimate of drug-likeness (QED) is 0.803. The van der Waals surface area contributed by atoms with Crippen LogP contribution in [0.25, 0.3) is 0 Å². The molecule has 2 aromatic carbocycles. The summed E-state index contributed by atoms with van der Waals surface area (Å²) in [7, 11) is 0. The zero-order chi connectivity index (χ0) is 18.1. The molecule has 0 spiro atoms. The third-order valence-electron chi connectivity index (χ3n) is 4.77. The minimum atomic E-state index is -4.37. The van der Waals surface area contributed by atoms with E-state index in [1.807, 2.05) is 0 Å². The zero-order valence-corrected chi connectivity index (χ0v) is 13.4. The van der Waals surface area contributed by atoms with E-state index in [1.165, 1.54) is 24.3 Å². The van der Waals surface area contributed by atoms with E-state index >= 15 is 0 Å². The second-order valence-corrected chi connectivity index (χ2v) is 6.32. The van der Waals surface area contributed by atoms with Gasteiger partial charge in [0.15, 0.2) is 0 Å². The van der Waals surface area contributed by atoms with E-state index < -0.39 is 17.2 Å². The van der Waals surface area contributed by atoms with Crippen LogP contribution in [0.15, 0.2) is 48.5 Å². The molecule has 1 N–H and O–H groups in total. The topological polar surface area (TPSA) is 29.1 Å². The number of hydrogen-bond donors (Lipinski definition) is 1. The fourth-order valence-corrected chi connectivity index (χ4v) is 3.11. The number of benzene rings is 2. The summed E-state index contributed by atoms with van der Waals surface area (Å²) in [5, 5.41) is 2.80. The molecule has 0 radical (unpaired) electrons. The van der Waals surface area contributed by atoms with E-state index in [0.717, 1.165) is 24.1 Å². The Labute approximate surface area is 142 Å². The number of nitrogens with one attached hydrogen (secondary N) is 1. The first-order chi connectivity index (χ1) is 11.8. The van der Waals surface area contributed by atoms with E-state index in [0.29, 0.717) is 18.4 Å². The Morgan fingerprint density at radius 1 is 1.00 bits per heavy atom. The van der Waals surface area contributed by atoms with Gasteiger partial charge in [-0.1, -0.05) is 30.7 Å². The number of rotatable bonds is 4. The van der Waals surface area contributed by atoms with Crippen molar-refractivity contribution in [3.63, 3.8) is 0 Å². The molecular weight excluding hydrogens is 334 g/mol. The van der Waals surface area contributed by atoms with Gasteiger partial charge in [0.05, 0.1) is 11.0 Å². The molecule has 25 heavy (non-hydrogen) atoms. The molecule has 1 amide bonds. The fourth-order valence-electron chi connectivity index (χ4n) is 3.11. The summed E-state index contributed by atoms with van der Waals surface area (Å²) in [4.78, 5) is 12.6. The predicted molar refractivity (Wildman–Crippen MR) is 85.2 cm³/mol. The Morgan fingerprint density at radius 2 is 1.60 bits per heavy atom. The third-order valence-corrected chi connectivity index (χ3v) is 4.77. The highest BCUT2D eigenvalue weighted by atomic mass is 19.4.